The smallest absolute Gasteiger partial charge is 0.253 e. The van der Waals surface area contributed by atoms with Crippen LogP contribution < -0.4 is 10.9 Å². The van der Waals surface area contributed by atoms with Crippen molar-refractivity contribution >= 4 is 16.9 Å². The van der Waals surface area contributed by atoms with Gasteiger partial charge in [-0.3, -0.25) is 14.3 Å². The highest BCUT2D eigenvalue weighted by Gasteiger charge is 2.15. The number of carbonyl (C=O) groups excluding carboxylic acids is 1. The standard InChI is InChI=1S/C17H26N4O3/c1-5-12(22)8-9-18-14(23)7-6-13-10(2)15-11(3)20-21(4)16(15)19-17(13)24/h12,22H,5-9H2,1-4H3,(H,18,23)(H,19,24). The Bertz CT molecular complexity index is 791. The Hall–Kier alpha value is -2.15. The average molecular weight is 334 g/mol. The number of aliphatic hydroxyl groups is 1. The van der Waals surface area contributed by atoms with Gasteiger partial charge in [0.25, 0.3) is 5.56 Å². The van der Waals surface area contributed by atoms with Crippen LogP contribution in [0.2, 0.25) is 0 Å². The third kappa shape index (κ3) is 3.84. The van der Waals surface area contributed by atoms with Gasteiger partial charge in [-0.1, -0.05) is 6.92 Å². The number of hydrogen-bond acceptors (Lipinski definition) is 4. The third-order valence-electron chi connectivity index (χ3n) is 4.43. The van der Waals surface area contributed by atoms with Gasteiger partial charge in [-0.25, -0.2) is 0 Å². The highest BCUT2D eigenvalue weighted by Crippen LogP contribution is 2.21. The van der Waals surface area contributed by atoms with E-state index in [-0.39, 0.29) is 24.0 Å². The molecule has 7 nitrogen and oxygen atoms in total. The molecule has 1 atom stereocenters. The largest absolute Gasteiger partial charge is 0.393 e. The number of H-pyrrole nitrogens is 1. The van der Waals surface area contributed by atoms with Gasteiger partial charge >= 0.3 is 0 Å². The minimum atomic E-state index is -0.383. The van der Waals surface area contributed by atoms with Gasteiger partial charge in [-0.15, -0.1) is 0 Å². The molecule has 2 heterocycles. The summed E-state index contributed by atoms with van der Waals surface area (Å²) in [7, 11) is 1.79. The quantitative estimate of drug-likeness (QED) is 0.705. The predicted octanol–water partition coefficient (Wildman–Crippen LogP) is 1.09. The van der Waals surface area contributed by atoms with Gasteiger partial charge in [-0.05, 0) is 38.7 Å². The molecule has 0 saturated heterocycles. The lowest BCUT2D eigenvalue weighted by Crippen LogP contribution is -2.28. The van der Waals surface area contributed by atoms with Crippen LogP contribution in [-0.4, -0.2) is 38.4 Å². The summed E-state index contributed by atoms with van der Waals surface area (Å²) in [6.07, 6.45) is 1.47. The zero-order valence-electron chi connectivity index (χ0n) is 14.8. The second-order valence-corrected chi connectivity index (χ2v) is 6.19. The van der Waals surface area contributed by atoms with Gasteiger partial charge < -0.3 is 15.4 Å². The summed E-state index contributed by atoms with van der Waals surface area (Å²) < 4.78 is 1.66. The van der Waals surface area contributed by atoms with Gasteiger partial charge in [0.15, 0.2) is 0 Å². The van der Waals surface area contributed by atoms with E-state index in [1.54, 1.807) is 11.7 Å². The van der Waals surface area contributed by atoms with E-state index >= 15 is 0 Å². The van der Waals surface area contributed by atoms with E-state index in [4.69, 9.17) is 0 Å². The van der Waals surface area contributed by atoms with Crippen LogP contribution >= 0.6 is 0 Å². The number of pyridine rings is 1. The second kappa shape index (κ2) is 7.61. The molecule has 1 unspecified atom stereocenters. The molecule has 2 aromatic heterocycles. The van der Waals surface area contributed by atoms with E-state index in [1.165, 1.54) is 0 Å². The fourth-order valence-corrected chi connectivity index (χ4v) is 2.96. The van der Waals surface area contributed by atoms with Crippen LogP contribution in [0.3, 0.4) is 0 Å². The zero-order valence-corrected chi connectivity index (χ0v) is 14.8. The fourth-order valence-electron chi connectivity index (χ4n) is 2.96. The van der Waals surface area contributed by atoms with Crippen LogP contribution in [0.25, 0.3) is 11.0 Å². The molecule has 0 saturated carbocycles. The number of fused-ring (bicyclic) bond motifs is 1. The number of aromatic nitrogens is 3. The van der Waals surface area contributed by atoms with E-state index in [0.29, 0.717) is 37.0 Å². The van der Waals surface area contributed by atoms with E-state index < -0.39 is 0 Å². The van der Waals surface area contributed by atoms with Gasteiger partial charge in [-0.2, -0.15) is 5.10 Å². The topological polar surface area (TPSA) is 100 Å². The zero-order chi connectivity index (χ0) is 17.9. The van der Waals surface area contributed by atoms with Crippen molar-refractivity contribution in [2.24, 2.45) is 7.05 Å². The van der Waals surface area contributed by atoms with Gasteiger partial charge in [0, 0.05) is 31.0 Å². The number of carbonyl (C=O) groups is 1. The molecule has 0 aromatic carbocycles. The first-order valence-corrected chi connectivity index (χ1v) is 8.35. The molecule has 0 aliphatic rings. The molecular weight excluding hydrogens is 308 g/mol. The van der Waals surface area contributed by atoms with Crippen LogP contribution in [0.4, 0.5) is 0 Å². The number of aliphatic hydroxyl groups excluding tert-OH is 1. The summed E-state index contributed by atoms with van der Waals surface area (Å²) in [4.78, 5) is 27.1. The van der Waals surface area contributed by atoms with Crippen molar-refractivity contribution in [1.82, 2.24) is 20.1 Å². The van der Waals surface area contributed by atoms with Crippen LogP contribution in [0.5, 0.6) is 0 Å². The molecule has 0 radical (unpaired) electrons. The minimum absolute atomic E-state index is 0.111. The van der Waals surface area contributed by atoms with Gasteiger partial charge in [0.05, 0.1) is 11.8 Å². The molecule has 2 rings (SSSR count). The number of hydrogen-bond donors (Lipinski definition) is 3. The molecule has 0 fully saturated rings. The van der Waals surface area contributed by atoms with E-state index in [0.717, 1.165) is 16.6 Å². The SMILES string of the molecule is CCC(O)CCNC(=O)CCc1c(C)c2c(C)nn(C)c2[nH]c1=O. The van der Waals surface area contributed by atoms with Crippen LogP contribution in [0.15, 0.2) is 4.79 Å². The molecule has 0 bridgehead atoms. The fraction of sp³-hybridized carbons (Fsp3) is 0.588. The van der Waals surface area contributed by atoms with E-state index in [1.807, 2.05) is 20.8 Å². The van der Waals surface area contributed by atoms with Crippen molar-refractivity contribution in [3.63, 3.8) is 0 Å². The molecule has 0 aliphatic carbocycles. The molecule has 0 spiro atoms. The van der Waals surface area contributed by atoms with Crippen molar-refractivity contribution in [3.05, 3.63) is 27.2 Å². The van der Waals surface area contributed by atoms with Crippen molar-refractivity contribution < 1.29 is 9.90 Å². The number of rotatable bonds is 7. The summed E-state index contributed by atoms with van der Waals surface area (Å²) in [6.45, 7) is 6.16. The number of nitrogens with zero attached hydrogens (tertiary/aromatic N) is 2. The molecule has 2 aromatic rings. The monoisotopic (exact) mass is 334 g/mol. The molecule has 24 heavy (non-hydrogen) atoms. The number of aryl methyl sites for hydroxylation is 3. The van der Waals surface area contributed by atoms with Crippen molar-refractivity contribution in [3.8, 4) is 0 Å². The van der Waals surface area contributed by atoms with Gasteiger partial charge in [0.2, 0.25) is 5.91 Å². The normalized spacial score (nSPS) is 12.5. The Morgan fingerprint density at radius 1 is 1.42 bits per heavy atom. The summed E-state index contributed by atoms with van der Waals surface area (Å²) in [5.74, 6) is -0.111. The molecule has 1 amide bonds. The maximum Gasteiger partial charge on any atom is 0.253 e. The van der Waals surface area contributed by atoms with Crippen LogP contribution in [0.1, 0.15) is 43.0 Å². The van der Waals surface area contributed by atoms with Crippen molar-refractivity contribution in [1.29, 1.82) is 0 Å². The Morgan fingerprint density at radius 3 is 2.79 bits per heavy atom. The summed E-state index contributed by atoms with van der Waals surface area (Å²) in [5, 5.41) is 17.5. The Balaban J connectivity index is 2.06. The lowest BCUT2D eigenvalue weighted by molar-refractivity contribution is -0.121. The predicted molar refractivity (Wildman–Crippen MR) is 93.1 cm³/mol. The first kappa shape index (κ1) is 18.2. The first-order valence-electron chi connectivity index (χ1n) is 8.35. The van der Waals surface area contributed by atoms with E-state index in [9.17, 15) is 14.7 Å². The van der Waals surface area contributed by atoms with E-state index in [2.05, 4.69) is 15.4 Å². The first-order chi connectivity index (χ1) is 11.3. The molecule has 132 valence electrons. The Labute approximate surface area is 141 Å². The second-order valence-electron chi connectivity index (χ2n) is 6.19. The van der Waals surface area contributed by atoms with Crippen molar-refractivity contribution in [2.45, 2.75) is 52.6 Å². The molecular formula is C17H26N4O3. The Morgan fingerprint density at radius 2 is 2.12 bits per heavy atom. The van der Waals surface area contributed by atoms with Gasteiger partial charge in [0.1, 0.15) is 5.65 Å². The maximum atomic E-state index is 12.3. The highest BCUT2D eigenvalue weighted by molar-refractivity contribution is 5.83. The molecule has 7 heteroatoms. The number of amides is 1. The van der Waals surface area contributed by atoms with Crippen LogP contribution in [-0.2, 0) is 18.3 Å². The summed E-state index contributed by atoms with van der Waals surface area (Å²) in [5.41, 5.74) is 2.91. The minimum Gasteiger partial charge on any atom is -0.393 e. The summed E-state index contributed by atoms with van der Waals surface area (Å²) in [6, 6.07) is 0. The third-order valence-corrected chi connectivity index (χ3v) is 4.43. The lowest BCUT2D eigenvalue weighted by Gasteiger charge is -2.10. The van der Waals surface area contributed by atoms with Crippen LogP contribution in [0, 0.1) is 13.8 Å². The summed E-state index contributed by atoms with van der Waals surface area (Å²) >= 11 is 0. The number of aromatic amines is 1. The average Bonchev–Trinajstić information content (AvgIpc) is 2.81. The number of nitrogens with one attached hydrogen (secondary N) is 2. The maximum absolute atomic E-state index is 12.3. The molecule has 3 N–H and O–H groups in total. The Kier molecular flexibility index (Phi) is 5.77. The highest BCUT2D eigenvalue weighted by atomic mass is 16.3. The van der Waals surface area contributed by atoms with Crippen molar-refractivity contribution in [2.75, 3.05) is 6.54 Å². The lowest BCUT2D eigenvalue weighted by atomic mass is 10.0. The molecule has 0 aliphatic heterocycles.